The van der Waals surface area contributed by atoms with Crippen LogP contribution in [0, 0.1) is 0 Å². The molecule has 0 aliphatic carbocycles. The first-order valence-electron chi connectivity index (χ1n) is 15.2. The molecule has 0 N–H and O–H groups in total. The highest BCUT2D eigenvalue weighted by molar-refractivity contribution is 7.22. The Labute approximate surface area is 269 Å². The number of hydrogen-bond donors (Lipinski definition) is 0. The zero-order valence-electron chi connectivity index (χ0n) is 24.6. The first-order valence-corrected chi connectivity index (χ1v) is 16.0. The normalized spacial score (nSPS) is 11.5. The topological polar surface area (TPSA) is 51.8 Å². The summed E-state index contributed by atoms with van der Waals surface area (Å²) in [5.74, 6) is 1.87. The largest absolute Gasteiger partial charge is 0.456 e. The lowest BCUT2D eigenvalue weighted by molar-refractivity contribution is 0.669. The van der Waals surface area contributed by atoms with E-state index in [-0.39, 0.29) is 0 Å². The highest BCUT2D eigenvalue weighted by atomic mass is 32.1. The summed E-state index contributed by atoms with van der Waals surface area (Å²) in [6.07, 6.45) is 0. The summed E-state index contributed by atoms with van der Waals surface area (Å²) in [6.45, 7) is 0. The fraction of sp³-hybridized carbons (Fsp3) is 0. The zero-order chi connectivity index (χ0) is 30.5. The molecule has 0 unspecified atom stereocenters. The van der Waals surface area contributed by atoms with Crippen molar-refractivity contribution in [3.8, 4) is 55.7 Å². The van der Waals surface area contributed by atoms with E-state index in [4.69, 9.17) is 19.4 Å². The molecule has 0 atom stereocenters. The third-order valence-electron chi connectivity index (χ3n) is 8.35. The standard InChI is InChI=1S/C41H25N3OS/c1-2-9-26(10-3-1)29-12-8-13-31(23-29)40-42-39(28-19-17-27(18-20-28)38-25-30-11-4-7-16-37(30)46-38)43-41(44-40)32-21-22-36-34(24-32)33-14-5-6-15-35(33)45-36/h1-25H. The maximum absolute atomic E-state index is 6.10. The van der Waals surface area contributed by atoms with Gasteiger partial charge in [0.05, 0.1) is 0 Å². The van der Waals surface area contributed by atoms with Gasteiger partial charge in [-0.25, -0.2) is 15.0 Å². The van der Waals surface area contributed by atoms with Gasteiger partial charge in [-0.05, 0) is 64.5 Å². The van der Waals surface area contributed by atoms with Crippen LogP contribution in [0.2, 0.25) is 0 Å². The van der Waals surface area contributed by atoms with Crippen LogP contribution >= 0.6 is 11.3 Å². The van der Waals surface area contributed by atoms with E-state index in [9.17, 15) is 0 Å². The average molecular weight is 608 g/mol. The predicted molar refractivity (Wildman–Crippen MR) is 190 cm³/mol. The molecule has 0 aliphatic heterocycles. The molecule has 46 heavy (non-hydrogen) atoms. The smallest absolute Gasteiger partial charge is 0.164 e. The summed E-state index contributed by atoms with van der Waals surface area (Å²) in [5, 5.41) is 3.37. The molecule has 0 bridgehead atoms. The molecule has 216 valence electrons. The summed E-state index contributed by atoms with van der Waals surface area (Å²) in [6, 6.07) is 52.3. The highest BCUT2D eigenvalue weighted by Crippen LogP contribution is 2.36. The first-order chi connectivity index (χ1) is 22.7. The van der Waals surface area contributed by atoms with Gasteiger partial charge < -0.3 is 4.42 Å². The zero-order valence-corrected chi connectivity index (χ0v) is 25.4. The molecule has 0 spiro atoms. The minimum atomic E-state index is 0.617. The van der Waals surface area contributed by atoms with E-state index in [0.717, 1.165) is 49.8 Å². The fourth-order valence-electron chi connectivity index (χ4n) is 6.00. The van der Waals surface area contributed by atoms with Crippen LogP contribution in [-0.2, 0) is 0 Å². The van der Waals surface area contributed by atoms with Gasteiger partial charge in [0.15, 0.2) is 17.5 Å². The van der Waals surface area contributed by atoms with Crippen molar-refractivity contribution in [3.63, 3.8) is 0 Å². The van der Waals surface area contributed by atoms with Gasteiger partial charge >= 0.3 is 0 Å². The summed E-state index contributed by atoms with van der Waals surface area (Å²) in [5.41, 5.74) is 7.91. The fourth-order valence-corrected chi connectivity index (χ4v) is 7.07. The quantitative estimate of drug-likeness (QED) is 0.195. The molecule has 0 radical (unpaired) electrons. The first kappa shape index (κ1) is 26.5. The molecule has 3 heterocycles. The minimum absolute atomic E-state index is 0.617. The van der Waals surface area contributed by atoms with E-state index < -0.39 is 0 Å². The molecular weight excluding hydrogens is 583 g/mol. The number of hydrogen-bond acceptors (Lipinski definition) is 5. The van der Waals surface area contributed by atoms with Crippen molar-refractivity contribution in [2.75, 3.05) is 0 Å². The Kier molecular flexibility index (Phi) is 6.28. The molecule has 0 amide bonds. The van der Waals surface area contributed by atoms with Crippen molar-refractivity contribution < 1.29 is 4.42 Å². The summed E-state index contributed by atoms with van der Waals surface area (Å²) in [4.78, 5) is 16.4. The summed E-state index contributed by atoms with van der Waals surface area (Å²) >= 11 is 1.80. The maximum atomic E-state index is 6.10. The van der Waals surface area contributed by atoms with E-state index in [1.54, 1.807) is 11.3 Å². The molecule has 0 aliphatic rings. The lowest BCUT2D eigenvalue weighted by atomic mass is 10.0. The van der Waals surface area contributed by atoms with Gasteiger partial charge in [-0.3, -0.25) is 0 Å². The minimum Gasteiger partial charge on any atom is -0.456 e. The van der Waals surface area contributed by atoms with Crippen LogP contribution in [0.25, 0.3) is 87.8 Å². The third kappa shape index (κ3) is 4.74. The van der Waals surface area contributed by atoms with Gasteiger partial charge in [0, 0.05) is 37.0 Å². The molecule has 0 saturated heterocycles. The number of rotatable bonds is 5. The average Bonchev–Trinajstić information content (AvgIpc) is 3.74. The second-order valence-electron chi connectivity index (χ2n) is 11.3. The van der Waals surface area contributed by atoms with Crippen molar-refractivity contribution in [1.29, 1.82) is 0 Å². The van der Waals surface area contributed by atoms with Gasteiger partial charge in [0.2, 0.25) is 0 Å². The Balaban J connectivity index is 1.18. The molecular formula is C41H25N3OS. The Bertz CT molecular complexity index is 2500. The van der Waals surface area contributed by atoms with E-state index in [2.05, 4.69) is 115 Å². The Morgan fingerprint density at radius 3 is 1.83 bits per heavy atom. The number of aromatic nitrogens is 3. The van der Waals surface area contributed by atoms with Crippen molar-refractivity contribution in [2.24, 2.45) is 0 Å². The molecule has 0 saturated carbocycles. The lowest BCUT2D eigenvalue weighted by Crippen LogP contribution is -2.00. The molecule has 9 aromatic rings. The van der Waals surface area contributed by atoms with Crippen molar-refractivity contribution >= 4 is 43.4 Å². The van der Waals surface area contributed by atoms with Crippen molar-refractivity contribution in [2.45, 2.75) is 0 Å². The van der Waals surface area contributed by atoms with Crippen LogP contribution < -0.4 is 0 Å². The van der Waals surface area contributed by atoms with Crippen molar-refractivity contribution in [1.82, 2.24) is 15.0 Å². The SMILES string of the molecule is c1ccc(-c2cccc(-c3nc(-c4ccc(-c5cc6ccccc6s5)cc4)nc(-c4ccc5oc6ccccc6c5c4)n3)c2)cc1. The van der Waals surface area contributed by atoms with Gasteiger partial charge in [0.25, 0.3) is 0 Å². The molecule has 0 fully saturated rings. The Morgan fingerprint density at radius 2 is 1.00 bits per heavy atom. The Hall–Kier alpha value is -5.91. The highest BCUT2D eigenvalue weighted by Gasteiger charge is 2.15. The van der Waals surface area contributed by atoms with Gasteiger partial charge in [-0.15, -0.1) is 11.3 Å². The maximum Gasteiger partial charge on any atom is 0.164 e. The molecule has 3 aromatic heterocycles. The number of para-hydroxylation sites is 1. The second kappa shape index (κ2) is 10.9. The second-order valence-corrected chi connectivity index (χ2v) is 12.4. The number of furan rings is 1. The van der Waals surface area contributed by atoms with Gasteiger partial charge in [-0.1, -0.05) is 109 Å². The van der Waals surface area contributed by atoms with E-state index >= 15 is 0 Å². The molecule has 6 aromatic carbocycles. The van der Waals surface area contributed by atoms with Crippen LogP contribution in [0.4, 0.5) is 0 Å². The van der Waals surface area contributed by atoms with Gasteiger partial charge in [0.1, 0.15) is 11.2 Å². The summed E-state index contributed by atoms with van der Waals surface area (Å²) in [7, 11) is 0. The van der Waals surface area contributed by atoms with Gasteiger partial charge in [-0.2, -0.15) is 0 Å². The van der Waals surface area contributed by atoms with Crippen LogP contribution in [-0.4, -0.2) is 15.0 Å². The predicted octanol–water partition coefficient (Wildman–Crippen LogP) is 11.3. The van der Waals surface area contributed by atoms with E-state index in [1.165, 1.54) is 20.5 Å². The monoisotopic (exact) mass is 607 g/mol. The third-order valence-corrected chi connectivity index (χ3v) is 9.52. The van der Waals surface area contributed by atoms with E-state index in [1.807, 2.05) is 36.4 Å². The van der Waals surface area contributed by atoms with Crippen LogP contribution in [0.1, 0.15) is 0 Å². The molecule has 4 nitrogen and oxygen atoms in total. The van der Waals surface area contributed by atoms with Crippen LogP contribution in [0.15, 0.2) is 156 Å². The number of benzene rings is 6. The Morgan fingerprint density at radius 1 is 0.391 bits per heavy atom. The number of thiophene rings is 1. The van der Waals surface area contributed by atoms with Crippen LogP contribution in [0.3, 0.4) is 0 Å². The van der Waals surface area contributed by atoms with E-state index in [0.29, 0.717) is 17.5 Å². The number of fused-ring (bicyclic) bond motifs is 4. The molecule has 5 heteroatoms. The lowest BCUT2D eigenvalue weighted by Gasteiger charge is -2.10. The molecule has 9 rings (SSSR count). The summed E-state index contributed by atoms with van der Waals surface area (Å²) < 4.78 is 7.38. The van der Waals surface area contributed by atoms with Crippen LogP contribution in [0.5, 0.6) is 0 Å². The van der Waals surface area contributed by atoms with Crippen molar-refractivity contribution in [3.05, 3.63) is 152 Å². The number of nitrogens with zero attached hydrogens (tertiary/aromatic N) is 3.